The van der Waals surface area contributed by atoms with E-state index in [9.17, 15) is 4.39 Å². The van der Waals surface area contributed by atoms with Crippen LogP contribution in [0.15, 0.2) is 30.5 Å². The largest absolute Gasteiger partial charge is 0.324 e. The molecule has 0 aliphatic heterocycles. The number of benzene rings is 1. The lowest BCUT2D eigenvalue weighted by Crippen LogP contribution is -2.07. The number of aromatic nitrogens is 2. The Hall–Kier alpha value is -1.68. The quantitative estimate of drug-likeness (QED) is 0.841. The summed E-state index contributed by atoms with van der Waals surface area (Å²) >= 11 is 0. The van der Waals surface area contributed by atoms with Gasteiger partial charge in [-0.15, -0.1) is 0 Å². The Morgan fingerprint density at radius 1 is 1.38 bits per heavy atom. The summed E-state index contributed by atoms with van der Waals surface area (Å²) in [7, 11) is 1.79. The van der Waals surface area contributed by atoms with Gasteiger partial charge in [-0.05, 0) is 19.1 Å². The zero-order valence-corrected chi connectivity index (χ0v) is 9.31. The molecule has 2 N–H and O–H groups in total. The van der Waals surface area contributed by atoms with E-state index in [4.69, 9.17) is 5.73 Å². The van der Waals surface area contributed by atoms with Gasteiger partial charge < -0.3 is 5.73 Å². The molecule has 3 nitrogen and oxygen atoms in total. The van der Waals surface area contributed by atoms with Crippen molar-refractivity contribution in [1.82, 2.24) is 9.78 Å². The molecule has 0 bridgehead atoms. The summed E-state index contributed by atoms with van der Waals surface area (Å²) < 4.78 is 15.3. The maximum absolute atomic E-state index is 13.7. The van der Waals surface area contributed by atoms with Crippen LogP contribution in [0.3, 0.4) is 0 Å². The smallest absolute Gasteiger partial charge is 0.132 e. The second-order valence-electron chi connectivity index (χ2n) is 3.84. The lowest BCUT2D eigenvalue weighted by atomic mass is 10.0. The molecular weight excluding hydrogens is 205 g/mol. The van der Waals surface area contributed by atoms with Crippen molar-refractivity contribution in [2.75, 3.05) is 0 Å². The van der Waals surface area contributed by atoms with Crippen LogP contribution in [0.1, 0.15) is 18.5 Å². The molecule has 1 aromatic heterocycles. The molecule has 0 saturated carbocycles. The Morgan fingerprint density at radius 3 is 2.69 bits per heavy atom. The number of rotatable bonds is 2. The van der Waals surface area contributed by atoms with E-state index in [2.05, 4.69) is 5.10 Å². The fourth-order valence-corrected chi connectivity index (χ4v) is 1.77. The third-order valence-electron chi connectivity index (χ3n) is 2.59. The maximum atomic E-state index is 13.7. The van der Waals surface area contributed by atoms with Crippen LogP contribution in [0.4, 0.5) is 4.39 Å². The molecule has 0 spiro atoms. The summed E-state index contributed by atoms with van der Waals surface area (Å²) in [6.45, 7) is 1.86. The van der Waals surface area contributed by atoms with Crippen LogP contribution < -0.4 is 5.73 Å². The van der Waals surface area contributed by atoms with E-state index in [1.54, 1.807) is 36.1 Å². The van der Waals surface area contributed by atoms with Crippen molar-refractivity contribution in [1.29, 1.82) is 0 Å². The zero-order valence-electron chi connectivity index (χ0n) is 9.31. The highest BCUT2D eigenvalue weighted by Crippen LogP contribution is 2.28. The molecule has 2 rings (SSSR count). The third-order valence-corrected chi connectivity index (χ3v) is 2.59. The summed E-state index contributed by atoms with van der Waals surface area (Å²) in [5.74, 6) is -0.256. The van der Waals surface area contributed by atoms with E-state index >= 15 is 0 Å². The van der Waals surface area contributed by atoms with Crippen molar-refractivity contribution in [3.63, 3.8) is 0 Å². The first-order valence-corrected chi connectivity index (χ1v) is 5.13. The fraction of sp³-hybridized carbons (Fsp3) is 0.250. The Morgan fingerprint density at radius 2 is 2.06 bits per heavy atom. The molecule has 1 unspecified atom stereocenters. The zero-order chi connectivity index (χ0) is 11.7. The summed E-state index contributed by atoms with van der Waals surface area (Å²) in [4.78, 5) is 0. The predicted molar refractivity (Wildman–Crippen MR) is 61.2 cm³/mol. The Kier molecular flexibility index (Phi) is 2.75. The van der Waals surface area contributed by atoms with E-state index in [0.29, 0.717) is 5.56 Å². The summed E-state index contributed by atoms with van der Waals surface area (Å²) in [5.41, 5.74) is 7.97. The summed E-state index contributed by atoms with van der Waals surface area (Å²) in [6, 6.07) is 6.48. The molecule has 0 aliphatic carbocycles. The fourth-order valence-electron chi connectivity index (χ4n) is 1.77. The molecule has 0 saturated heterocycles. The van der Waals surface area contributed by atoms with Crippen molar-refractivity contribution >= 4 is 0 Å². The Bertz CT molecular complexity index is 503. The lowest BCUT2D eigenvalue weighted by molar-refractivity contribution is 0.627. The van der Waals surface area contributed by atoms with Gasteiger partial charge in [-0.25, -0.2) is 4.39 Å². The molecule has 16 heavy (non-hydrogen) atoms. The van der Waals surface area contributed by atoms with Gasteiger partial charge in [0.25, 0.3) is 0 Å². The molecular formula is C12H14FN3. The van der Waals surface area contributed by atoms with Crippen molar-refractivity contribution in [3.05, 3.63) is 41.8 Å². The molecule has 84 valence electrons. The lowest BCUT2D eigenvalue weighted by Gasteiger charge is -2.09. The minimum Gasteiger partial charge on any atom is -0.324 e. The minimum atomic E-state index is -0.256. The van der Waals surface area contributed by atoms with Crippen LogP contribution in [0, 0.1) is 5.82 Å². The van der Waals surface area contributed by atoms with Crippen molar-refractivity contribution in [3.8, 4) is 11.3 Å². The summed E-state index contributed by atoms with van der Waals surface area (Å²) in [6.07, 6.45) is 1.69. The van der Waals surface area contributed by atoms with Crippen molar-refractivity contribution in [2.45, 2.75) is 13.0 Å². The van der Waals surface area contributed by atoms with Gasteiger partial charge in [-0.3, -0.25) is 4.68 Å². The highest BCUT2D eigenvalue weighted by molar-refractivity contribution is 5.64. The van der Waals surface area contributed by atoms with Gasteiger partial charge in [0.1, 0.15) is 5.82 Å². The van der Waals surface area contributed by atoms with Crippen molar-refractivity contribution < 1.29 is 4.39 Å². The van der Waals surface area contributed by atoms with Gasteiger partial charge in [0.05, 0.1) is 11.9 Å². The number of nitrogens with zero attached hydrogens (tertiary/aromatic N) is 2. The van der Waals surface area contributed by atoms with E-state index in [1.807, 2.05) is 6.92 Å². The van der Waals surface area contributed by atoms with Gasteiger partial charge in [0.15, 0.2) is 0 Å². The van der Waals surface area contributed by atoms with Crippen molar-refractivity contribution in [2.24, 2.45) is 12.8 Å². The normalized spacial score (nSPS) is 12.8. The standard InChI is InChI=1S/C12H14FN3/c1-8(14)10-7-15-16(2)12(10)9-5-3-4-6-11(9)13/h3-8H,14H2,1-2H3. The second kappa shape index (κ2) is 4.06. The SMILES string of the molecule is CC(N)c1cnn(C)c1-c1ccccc1F. The number of nitrogens with two attached hydrogens (primary N) is 1. The third kappa shape index (κ3) is 1.72. The first kappa shape index (κ1) is 10.8. The number of aryl methyl sites for hydroxylation is 1. The molecule has 4 heteroatoms. The predicted octanol–water partition coefficient (Wildman–Crippen LogP) is 2.25. The highest BCUT2D eigenvalue weighted by atomic mass is 19.1. The van der Waals surface area contributed by atoms with Gasteiger partial charge in [-0.1, -0.05) is 12.1 Å². The van der Waals surface area contributed by atoms with Gasteiger partial charge in [0.2, 0.25) is 0 Å². The van der Waals surface area contributed by atoms with E-state index in [-0.39, 0.29) is 11.9 Å². The number of hydrogen-bond donors (Lipinski definition) is 1. The highest BCUT2D eigenvalue weighted by Gasteiger charge is 2.16. The molecule has 2 aromatic rings. The summed E-state index contributed by atoms with van der Waals surface area (Å²) in [5, 5.41) is 4.13. The molecule has 0 radical (unpaired) electrons. The van der Waals surface area contributed by atoms with Gasteiger partial charge >= 0.3 is 0 Å². The van der Waals surface area contributed by atoms with E-state index < -0.39 is 0 Å². The van der Waals surface area contributed by atoms with Crippen LogP contribution in [-0.2, 0) is 7.05 Å². The molecule has 1 atom stereocenters. The van der Waals surface area contributed by atoms with E-state index in [0.717, 1.165) is 11.3 Å². The molecule has 1 aromatic carbocycles. The van der Waals surface area contributed by atoms with Gasteiger partial charge in [0, 0.05) is 24.2 Å². The molecule has 1 heterocycles. The van der Waals surface area contributed by atoms with Crippen LogP contribution in [0.2, 0.25) is 0 Å². The average molecular weight is 219 g/mol. The first-order chi connectivity index (χ1) is 7.61. The monoisotopic (exact) mass is 219 g/mol. The first-order valence-electron chi connectivity index (χ1n) is 5.13. The van der Waals surface area contributed by atoms with Crippen LogP contribution in [0.5, 0.6) is 0 Å². The average Bonchev–Trinajstić information content (AvgIpc) is 2.61. The maximum Gasteiger partial charge on any atom is 0.132 e. The van der Waals surface area contributed by atoms with Crippen LogP contribution in [-0.4, -0.2) is 9.78 Å². The van der Waals surface area contributed by atoms with Crippen LogP contribution in [0.25, 0.3) is 11.3 Å². The minimum absolute atomic E-state index is 0.164. The number of halogens is 1. The van der Waals surface area contributed by atoms with Gasteiger partial charge in [-0.2, -0.15) is 5.10 Å². The second-order valence-corrected chi connectivity index (χ2v) is 3.84. The van der Waals surface area contributed by atoms with E-state index in [1.165, 1.54) is 6.07 Å². The Labute approximate surface area is 93.7 Å². The molecule has 0 aliphatic rings. The number of hydrogen-bond acceptors (Lipinski definition) is 2. The Balaban J connectivity index is 2.64. The molecule has 0 fully saturated rings. The van der Waals surface area contributed by atoms with Crippen LogP contribution >= 0.6 is 0 Å². The topological polar surface area (TPSA) is 43.8 Å². The molecule has 0 amide bonds.